The number of anilines is 1. The van der Waals surface area contributed by atoms with E-state index in [9.17, 15) is 14.4 Å². The minimum atomic E-state index is -0.454. The Kier molecular flexibility index (Phi) is 5.15. The van der Waals surface area contributed by atoms with Crippen molar-refractivity contribution < 1.29 is 9.53 Å². The van der Waals surface area contributed by atoms with E-state index in [-0.39, 0.29) is 17.6 Å². The maximum Gasteiger partial charge on any atom is 0.332 e. The molecular formula is C19H19N7O4S. The third-order valence-corrected chi connectivity index (χ3v) is 5.54. The third kappa shape index (κ3) is 3.61. The molecule has 0 unspecified atom stereocenters. The van der Waals surface area contributed by atoms with Gasteiger partial charge in [-0.05, 0) is 31.2 Å². The Morgan fingerprint density at radius 1 is 1.13 bits per heavy atom. The number of nitrogens with zero attached hydrogens (tertiary/aromatic N) is 6. The fourth-order valence-electron chi connectivity index (χ4n) is 3.11. The first-order valence-electron chi connectivity index (χ1n) is 9.35. The molecule has 1 N–H and O–H groups in total. The largest absolute Gasteiger partial charge is 0.425 e. The first-order valence-corrected chi connectivity index (χ1v) is 10.2. The number of hydrogen-bond acceptors (Lipinski definition) is 8. The number of amides is 1. The Morgan fingerprint density at radius 3 is 2.48 bits per heavy atom. The van der Waals surface area contributed by atoms with Crippen molar-refractivity contribution in [2.45, 2.75) is 20.4 Å². The minimum absolute atomic E-state index is 0.211. The first-order chi connectivity index (χ1) is 14.8. The fraction of sp³-hybridized carbons (Fsp3) is 0.263. The van der Waals surface area contributed by atoms with Crippen LogP contribution in [0.4, 0.5) is 5.13 Å². The van der Waals surface area contributed by atoms with Gasteiger partial charge in [0.2, 0.25) is 11.0 Å². The van der Waals surface area contributed by atoms with Crippen LogP contribution < -0.4 is 21.3 Å². The predicted octanol–water partition coefficient (Wildman–Crippen LogP) is 1.72. The number of ether oxygens (including phenoxy) is 1. The highest BCUT2D eigenvalue weighted by Gasteiger charge is 2.19. The molecule has 11 nitrogen and oxygen atoms in total. The highest BCUT2D eigenvalue weighted by Crippen LogP contribution is 2.29. The summed E-state index contributed by atoms with van der Waals surface area (Å²) in [7, 11) is 2.99. The van der Waals surface area contributed by atoms with Gasteiger partial charge in [-0.3, -0.25) is 23.3 Å². The van der Waals surface area contributed by atoms with Gasteiger partial charge in [0.15, 0.2) is 11.2 Å². The lowest BCUT2D eigenvalue weighted by molar-refractivity contribution is -0.114. The number of nitrogens with one attached hydrogen (secondary N) is 1. The molecule has 4 rings (SSSR count). The second kappa shape index (κ2) is 7.80. The zero-order valence-corrected chi connectivity index (χ0v) is 18.1. The number of aryl methyl sites for hydroxylation is 2. The summed E-state index contributed by atoms with van der Waals surface area (Å²) in [5, 5.41) is 11.7. The summed E-state index contributed by atoms with van der Waals surface area (Å²) < 4.78 is 9.92. The molecule has 1 aromatic carbocycles. The van der Waals surface area contributed by atoms with Gasteiger partial charge in [0, 0.05) is 33.1 Å². The van der Waals surface area contributed by atoms with E-state index in [4.69, 9.17) is 4.74 Å². The van der Waals surface area contributed by atoms with Gasteiger partial charge in [-0.1, -0.05) is 11.3 Å². The molecule has 0 bridgehead atoms. The molecule has 3 heterocycles. The molecule has 0 fully saturated rings. The van der Waals surface area contributed by atoms with Gasteiger partial charge in [0.1, 0.15) is 10.8 Å². The molecule has 31 heavy (non-hydrogen) atoms. The maximum atomic E-state index is 12.6. The van der Waals surface area contributed by atoms with Crippen LogP contribution in [0, 0.1) is 0 Å². The Labute approximate surface area is 179 Å². The van der Waals surface area contributed by atoms with Gasteiger partial charge in [-0.2, -0.15) is 4.98 Å². The van der Waals surface area contributed by atoms with Crippen LogP contribution in [0.25, 0.3) is 21.7 Å². The van der Waals surface area contributed by atoms with Crippen LogP contribution in [0.2, 0.25) is 0 Å². The Bertz CT molecular complexity index is 1410. The summed E-state index contributed by atoms with van der Waals surface area (Å²) in [5.41, 5.74) is 0.495. The lowest BCUT2D eigenvalue weighted by atomic mass is 10.2. The zero-order valence-electron chi connectivity index (χ0n) is 17.2. The van der Waals surface area contributed by atoms with Gasteiger partial charge >= 0.3 is 11.7 Å². The minimum Gasteiger partial charge on any atom is -0.425 e. The van der Waals surface area contributed by atoms with Crippen molar-refractivity contribution in [3.05, 3.63) is 45.1 Å². The quantitative estimate of drug-likeness (QED) is 0.500. The molecule has 3 aromatic heterocycles. The highest BCUT2D eigenvalue weighted by molar-refractivity contribution is 7.18. The number of hydrogen-bond donors (Lipinski definition) is 1. The summed E-state index contributed by atoms with van der Waals surface area (Å²) >= 11 is 1.26. The van der Waals surface area contributed by atoms with E-state index < -0.39 is 11.2 Å². The second-order valence-corrected chi connectivity index (χ2v) is 7.71. The van der Waals surface area contributed by atoms with Crippen LogP contribution in [0.5, 0.6) is 11.8 Å². The normalized spacial score (nSPS) is 11.1. The molecule has 0 radical (unpaired) electrons. The molecule has 0 spiro atoms. The van der Waals surface area contributed by atoms with Crippen molar-refractivity contribution in [1.82, 2.24) is 28.9 Å². The Hall–Kier alpha value is -3.80. The first kappa shape index (κ1) is 20.5. The maximum absolute atomic E-state index is 12.6. The summed E-state index contributed by atoms with van der Waals surface area (Å²) in [6, 6.07) is 7.31. The van der Waals surface area contributed by atoms with Crippen molar-refractivity contribution in [2.24, 2.45) is 14.1 Å². The SMILES string of the molecule is CCn1c(Oc2ccc(-c3nnc(NC(C)=O)s3)cc2)nc2c1c(=O)n(C)c(=O)n2C. The molecule has 0 saturated carbocycles. The molecule has 0 aliphatic rings. The van der Waals surface area contributed by atoms with Crippen molar-refractivity contribution in [2.75, 3.05) is 5.32 Å². The van der Waals surface area contributed by atoms with Gasteiger partial charge in [0.05, 0.1) is 0 Å². The molecule has 0 aliphatic heterocycles. The predicted molar refractivity (Wildman–Crippen MR) is 116 cm³/mol. The standard InChI is InChI=1S/C19H19N7O4S/c1-5-26-13-14(24(3)19(29)25(4)16(13)28)21-18(26)30-12-8-6-11(7-9-12)15-22-23-17(31-15)20-10(2)27/h6-9H,5H2,1-4H3,(H,20,23,27). The van der Waals surface area contributed by atoms with E-state index in [1.54, 1.807) is 35.9 Å². The molecular weight excluding hydrogens is 422 g/mol. The van der Waals surface area contributed by atoms with E-state index in [1.165, 1.54) is 29.9 Å². The van der Waals surface area contributed by atoms with Crippen molar-refractivity contribution >= 4 is 33.5 Å². The van der Waals surface area contributed by atoms with E-state index >= 15 is 0 Å². The van der Waals surface area contributed by atoms with Crippen LogP contribution >= 0.6 is 11.3 Å². The third-order valence-electron chi connectivity index (χ3n) is 4.65. The lowest BCUT2D eigenvalue weighted by Crippen LogP contribution is -2.37. The summed E-state index contributed by atoms with van der Waals surface area (Å²) in [5.74, 6) is 0.291. The zero-order chi connectivity index (χ0) is 22.3. The molecule has 1 amide bonds. The Morgan fingerprint density at radius 2 is 1.84 bits per heavy atom. The topological polar surface area (TPSA) is 126 Å². The van der Waals surface area contributed by atoms with Crippen LogP contribution in [0.3, 0.4) is 0 Å². The number of imidazole rings is 1. The van der Waals surface area contributed by atoms with Crippen LogP contribution in [0.15, 0.2) is 33.9 Å². The van der Waals surface area contributed by atoms with E-state index in [0.29, 0.717) is 28.0 Å². The number of rotatable bonds is 5. The second-order valence-electron chi connectivity index (χ2n) is 6.74. The monoisotopic (exact) mass is 441 g/mol. The average molecular weight is 441 g/mol. The van der Waals surface area contributed by atoms with E-state index in [2.05, 4.69) is 20.5 Å². The molecule has 12 heteroatoms. The number of aromatic nitrogens is 6. The number of carbonyl (C=O) groups excluding carboxylic acids is 1. The van der Waals surface area contributed by atoms with Crippen LogP contribution in [-0.2, 0) is 25.4 Å². The van der Waals surface area contributed by atoms with Gasteiger partial charge in [-0.25, -0.2) is 4.79 Å². The van der Waals surface area contributed by atoms with Crippen LogP contribution in [0.1, 0.15) is 13.8 Å². The van der Waals surface area contributed by atoms with E-state index in [1.807, 2.05) is 6.92 Å². The molecule has 4 aromatic rings. The van der Waals surface area contributed by atoms with Crippen molar-refractivity contribution in [3.8, 4) is 22.3 Å². The molecule has 0 aliphatic carbocycles. The average Bonchev–Trinajstić information content (AvgIpc) is 3.35. The smallest absolute Gasteiger partial charge is 0.332 e. The van der Waals surface area contributed by atoms with Gasteiger partial charge in [-0.15, -0.1) is 10.2 Å². The summed E-state index contributed by atoms with van der Waals surface area (Å²) in [6.07, 6.45) is 0. The molecule has 0 saturated heterocycles. The summed E-state index contributed by atoms with van der Waals surface area (Å²) in [6.45, 7) is 3.71. The fourth-order valence-corrected chi connectivity index (χ4v) is 3.90. The van der Waals surface area contributed by atoms with Gasteiger partial charge in [0.25, 0.3) is 5.56 Å². The molecule has 160 valence electrons. The lowest BCUT2D eigenvalue weighted by Gasteiger charge is -2.08. The van der Waals surface area contributed by atoms with Crippen molar-refractivity contribution in [3.63, 3.8) is 0 Å². The van der Waals surface area contributed by atoms with Crippen molar-refractivity contribution in [1.29, 1.82) is 0 Å². The van der Waals surface area contributed by atoms with Crippen LogP contribution in [-0.4, -0.2) is 34.8 Å². The summed E-state index contributed by atoms with van der Waals surface area (Å²) in [4.78, 5) is 40.3. The molecule has 0 atom stereocenters. The van der Waals surface area contributed by atoms with Gasteiger partial charge < -0.3 is 10.1 Å². The number of benzene rings is 1. The highest BCUT2D eigenvalue weighted by atomic mass is 32.1. The van der Waals surface area contributed by atoms with E-state index in [0.717, 1.165) is 10.1 Å². The number of carbonyl (C=O) groups is 1. The number of fused-ring (bicyclic) bond motifs is 1. The Balaban J connectivity index is 1.67.